The minimum absolute atomic E-state index is 0.00781. The van der Waals surface area contributed by atoms with Crippen LogP contribution in [-0.4, -0.2) is 43.8 Å². The number of nitrogens with zero attached hydrogens (tertiary/aromatic N) is 2. The van der Waals surface area contributed by atoms with Gasteiger partial charge in [-0.15, -0.1) is 0 Å². The molecule has 0 heterocycles. The molecule has 0 aromatic heterocycles. The van der Waals surface area contributed by atoms with Gasteiger partial charge in [0, 0.05) is 34.1 Å². The molecule has 0 saturated carbocycles. The van der Waals surface area contributed by atoms with Crippen LogP contribution in [-0.2, 0) is 32.6 Å². The molecule has 0 unspecified atom stereocenters. The number of sulfonamides is 1. The lowest BCUT2D eigenvalue weighted by Gasteiger charge is -2.34. The molecule has 0 fully saturated rings. The number of rotatable bonds is 12. The van der Waals surface area contributed by atoms with Crippen molar-refractivity contribution in [2.45, 2.75) is 43.8 Å². The number of carbonyl (C=O) groups excluding carboxylic acids is 2. The molecule has 7 nitrogen and oxygen atoms in total. The molecule has 0 spiro atoms. The Kier molecular flexibility index (Phi) is 11.3. The predicted octanol–water partition coefficient (Wildman–Crippen LogP) is 7.01. The molecule has 0 bridgehead atoms. The first-order valence-corrected chi connectivity index (χ1v) is 16.4. The quantitative estimate of drug-likeness (QED) is 0.176. The Morgan fingerprint density at radius 3 is 1.98 bits per heavy atom. The van der Waals surface area contributed by atoms with E-state index in [1.54, 1.807) is 48.5 Å². The van der Waals surface area contributed by atoms with Crippen LogP contribution in [0, 0.1) is 0 Å². The van der Waals surface area contributed by atoms with Gasteiger partial charge in [-0.25, -0.2) is 8.42 Å². The van der Waals surface area contributed by atoms with Crippen molar-refractivity contribution in [3.05, 3.63) is 129 Å². The minimum Gasteiger partial charge on any atom is -0.352 e. The summed E-state index contributed by atoms with van der Waals surface area (Å²) in [5.74, 6) is -0.989. The summed E-state index contributed by atoms with van der Waals surface area (Å²) in [6.45, 7) is 2.99. The average Bonchev–Trinajstić information content (AvgIpc) is 2.99. The molecule has 0 aliphatic carbocycles. The van der Waals surface area contributed by atoms with Gasteiger partial charge < -0.3 is 10.2 Å². The Morgan fingerprint density at radius 1 is 0.795 bits per heavy atom. The van der Waals surface area contributed by atoms with Crippen molar-refractivity contribution in [1.82, 2.24) is 10.2 Å². The van der Waals surface area contributed by atoms with Gasteiger partial charge in [-0.05, 0) is 73.5 Å². The summed E-state index contributed by atoms with van der Waals surface area (Å²) in [6.07, 6.45) is 0.183. The highest BCUT2D eigenvalue weighted by Crippen LogP contribution is 2.28. The molecule has 11 heteroatoms. The summed E-state index contributed by atoms with van der Waals surface area (Å²) in [5.41, 5.74) is 1.61. The van der Waals surface area contributed by atoms with Crippen LogP contribution >= 0.6 is 34.8 Å². The Bertz CT molecular complexity index is 1690. The fourth-order valence-corrected chi connectivity index (χ4v) is 6.65. The molecule has 0 radical (unpaired) electrons. The highest BCUT2D eigenvalue weighted by atomic mass is 35.5. The number of hydrogen-bond acceptors (Lipinski definition) is 4. The van der Waals surface area contributed by atoms with Gasteiger partial charge in [0.2, 0.25) is 11.8 Å². The lowest BCUT2D eigenvalue weighted by molar-refractivity contribution is -0.140. The lowest BCUT2D eigenvalue weighted by atomic mass is 10.0. The first-order chi connectivity index (χ1) is 21.0. The molecule has 1 atom stereocenters. The molecule has 1 N–H and O–H groups in total. The number of halogens is 3. The molecular weight excluding hydrogens is 641 g/mol. The zero-order valence-corrected chi connectivity index (χ0v) is 27.2. The van der Waals surface area contributed by atoms with Crippen LogP contribution in [0.3, 0.4) is 0 Å². The van der Waals surface area contributed by atoms with Crippen LogP contribution in [0.2, 0.25) is 15.1 Å². The van der Waals surface area contributed by atoms with Gasteiger partial charge in [-0.2, -0.15) is 0 Å². The summed E-state index contributed by atoms with van der Waals surface area (Å²) in [5, 5.41) is 4.05. The third kappa shape index (κ3) is 8.54. The zero-order valence-electron chi connectivity index (χ0n) is 24.2. The summed E-state index contributed by atoms with van der Waals surface area (Å²) < 4.78 is 29.0. The van der Waals surface area contributed by atoms with Crippen LogP contribution in [0.4, 0.5) is 5.69 Å². The molecule has 0 aliphatic heterocycles. The van der Waals surface area contributed by atoms with Gasteiger partial charge in [0.25, 0.3) is 10.0 Å². The Morgan fingerprint density at radius 2 is 1.39 bits per heavy atom. The second-order valence-electron chi connectivity index (χ2n) is 10.4. The fourth-order valence-electron chi connectivity index (χ4n) is 4.62. The second kappa shape index (κ2) is 14.9. The molecule has 4 rings (SSSR count). The number of amides is 2. The molecule has 4 aromatic carbocycles. The standard InChI is InChI=1S/C33H32Cl3N3O4S/c1-23(2)37-33(41)31(19-24-9-5-3-6-10-24)38(21-25-13-14-27(35)20-30(25)36)32(40)22-39(28-17-15-26(34)16-18-28)44(42,43)29-11-7-4-8-12-29/h3-18,20,23,31H,19,21-22H2,1-2H3,(H,37,41)/t31-/m0/s1. The van der Waals surface area contributed by atoms with Crippen molar-refractivity contribution in [3.8, 4) is 0 Å². The molecule has 230 valence electrons. The van der Waals surface area contributed by atoms with Crippen LogP contribution in [0.5, 0.6) is 0 Å². The van der Waals surface area contributed by atoms with Crippen LogP contribution < -0.4 is 9.62 Å². The van der Waals surface area contributed by atoms with Gasteiger partial charge in [0.1, 0.15) is 12.6 Å². The first kappa shape index (κ1) is 33.3. The maximum Gasteiger partial charge on any atom is 0.264 e. The van der Waals surface area contributed by atoms with Gasteiger partial charge in [0.15, 0.2) is 0 Å². The average molecular weight is 673 g/mol. The summed E-state index contributed by atoms with van der Waals surface area (Å²) >= 11 is 18.8. The normalized spacial score (nSPS) is 12.0. The number of benzene rings is 4. The molecule has 44 heavy (non-hydrogen) atoms. The zero-order chi connectivity index (χ0) is 31.9. The second-order valence-corrected chi connectivity index (χ2v) is 13.6. The van der Waals surface area contributed by atoms with E-state index in [4.69, 9.17) is 34.8 Å². The predicted molar refractivity (Wildman–Crippen MR) is 177 cm³/mol. The van der Waals surface area contributed by atoms with Crippen molar-refractivity contribution < 1.29 is 18.0 Å². The van der Waals surface area contributed by atoms with Crippen molar-refractivity contribution in [2.24, 2.45) is 0 Å². The van der Waals surface area contributed by atoms with Crippen LogP contribution in [0.1, 0.15) is 25.0 Å². The maximum absolute atomic E-state index is 14.4. The van der Waals surface area contributed by atoms with E-state index >= 15 is 0 Å². The molecule has 0 aliphatic rings. The Hall–Kier alpha value is -3.56. The molecule has 4 aromatic rings. The highest BCUT2D eigenvalue weighted by molar-refractivity contribution is 7.92. The molecule has 2 amide bonds. The van der Waals surface area contributed by atoms with Crippen molar-refractivity contribution >= 4 is 62.3 Å². The van der Waals surface area contributed by atoms with E-state index < -0.39 is 28.5 Å². The van der Waals surface area contributed by atoms with E-state index in [9.17, 15) is 18.0 Å². The topological polar surface area (TPSA) is 86.8 Å². The van der Waals surface area contributed by atoms with Crippen LogP contribution in [0.15, 0.2) is 108 Å². The van der Waals surface area contributed by atoms with E-state index in [1.807, 2.05) is 44.2 Å². The van der Waals surface area contributed by atoms with Gasteiger partial charge in [0.05, 0.1) is 10.6 Å². The number of hydrogen-bond donors (Lipinski definition) is 1. The maximum atomic E-state index is 14.4. The molecular formula is C33H32Cl3N3O4S. The van der Waals surface area contributed by atoms with Crippen molar-refractivity contribution in [1.29, 1.82) is 0 Å². The number of nitrogens with one attached hydrogen (secondary N) is 1. The van der Waals surface area contributed by atoms with E-state index in [0.29, 0.717) is 20.6 Å². The van der Waals surface area contributed by atoms with Gasteiger partial charge in [-0.1, -0.05) is 89.4 Å². The third-order valence-electron chi connectivity index (χ3n) is 6.78. The number of carbonyl (C=O) groups is 2. The summed E-state index contributed by atoms with van der Waals surface area (Å²) in [7, 11) is -4.21. The van der Waals surface area contributed by atoms with Gasteiger partial charge in [-0.3, -0.25) is 13.9 Å². The summed E-state index contributed by atoms with van der Waals surface area (Å²) in [4.78, 5) is 29.5. The highest BCUT2D eigenvalue weighted by Gasteiger charge is 2.35. The van der Waals surface area contributed by atoms with Crippen LogP contribution in [0.25, 0.3) is 0 Å². The Labute approximate surface area is 273 Å². The van der Waals surface area contributed by atoms with E-state index in [1.165, 1.54) is 29.2 Å². The Balaban J connectivity index is 1.81. The largest absolute Gasteiger partial charge is 0.352 e. The third-order valence-corrected chi connectivity index (χ3v) is 9.41. The van der Waals surface area contributed by atoms with Crippen molar-refractivity contribution in [2.75, 3.05) is 10.8 Å². The van der Waals surface area contributed by atoms with E-state index in [-0.39, 0.29) is 35.5 Å². The van der Waals surface area contributed by atoms with E-state index in [0.717, 1.165) is 9.87 Å². The molecule has 0 saturated heterocycles. The monoisotopic (exact) mass is 671 g/mol. The van der Waals surface area contributed by atoms with Gasteiger partial charge >= 0.3 is 0 Å². The summed E-state index contributed by atoms with van der Waals surface area (Å²) in [6, 6.07) is 27.0. The minimum atomic E-state index is -4.21. The van der Waals surface area contributed by atoms with E-state index in [2.05, 4.69) is 5.32 Å². The number of anilines is 1. The fraction of sp³-hybridized carbons (Fsp3) is 0.212. The first-order valence-electron chi connectivity index (χ1n) is 13.9. The smallest absolute Gasteiger partial charge is 0.264 e. The lowest BCUT2D eigenvalue weighted by Crippen LogP contribution is -2.54. The van der Waals surface area contributed by atoms with Crippen molar-refractivity contribution in [3.63, 3.8) is 0 Å². The SMILES string of the molecule is CC(C)NC(=O)[C@H](Cc1ccccc1)N(Cc1ccc(Cl)cc1Cl)C(=O)CN(c1ccc(Cl)cc1)S(=O)(=O)c1ccccc1.